The summed E-state index contributed by atoms with van der Waals surface area (Å²) >= 11 is 0. The molecule has 1 saturated heterocycles. The van der Waals surface area contributed by atoms with E-state index in [1.54, 1.807) is 7.05 Å². The van der Waals surface area contributed by atoms with E-state index in [1.165, 1.54) is 12.1 Å². The van der Waals surface area contributed by atoms with Crippen LogP contribution in [0, 0.1) is 5.82 Å². The Bertz CT molecular complexity index is 702. The van der Waals surface area contributed by atoms with E-state index in [9.17, 15) is 9.18 Å². The van der Waals surface area contributed by atoms with Gasteiger partial charge in [0.15, 0.2) is 5.96 Å². The van der Waals surface area contributed by atoms with Crippen LogP contribution in [0.5, 0.6) is 0 Å². The fourth-order valence-corrected chi connectivity index (χ4v) is 3.18. The third-order valence-electron chi connectivity index (χ3n) is 4.73. The van der Waals surface area contributed by atoms with E-state index in [0.29, 0.717) is 13.1 Å². The number of alkyl carbamates (subject to hydrolysis) is 1. The van der Waals surface area contributed by atoms with Gasteiger partial charge in [-0.3, -0.25) is 4.99 Å². The first-order chi connectivity index (χ1) is 13.0. The lowest BCUT2D eigenvalue weighted by Crippen LogP contribution is -2.46. The number of halogens is 2. The maximum absolute atomic E-state index is 13.2. The topological polar surface area (TPSA) is 66.0 Å². The molecule has 1 aromatic carbocycles. The van der Waals surface area contributed by atoms with Crippen molar-refractivity contribution in [1.29, 1.82) is 0 Å². The van der Waals surface area contributed by atoms with Crippen LogP contribution in [0.25, 0.3) is 0 Å². The molecule has 0 spiro atoms. The Morgan fingerprint density at radius 3 is 2.41 bits per heavy atom. The molecule has 8 heteroatoms. The molecule has 0 bridgehead atoms. The predicted molar refractivity (Wildman–Crippen MR) is 126 cm³/mol. The highest BCUT2D eigenvalue weighted by molar-refractivity contribution is 14.0. The number of nitrogens with one attached hydrogen (secondary N) is 2. The van der Waals surface area contributed by atoms with Gasteiger partial charge >= 0.3 is 6.09 Å². The molecule has 0 aromatic heterocycles. The van der Waals surface area contributed by atoms with Crippen molar-refractivity contribution < 1.29 is 13.9 Å². The van der Waals surface area contributed by atoms with Gasteiger partial charge in [-0.15, -0.1) is 24.0 Å². The average molecular weight is 520 g/mol. The first-order valence-electron chi connectivity index (χ1n) is 9.71. The molecule has 2 N–H and O–H groups in total. The predicted octanol–water partition coefficient (Wildman–Crippen LogP) is 3.90. The molecule has 29 heavy (non-hydrogen) atoms. The van der Waals surface area contributed by atoms with E-state index < -0.39 is 5.60 Å². The normalized spacial score (nSPS) is 17.6. The van der Waals surface area contributed by atoms with Gasteiger partial charge in [0.25, 0.3) is 0 Å². The van der Waals surface area contributed by atoms with Crippen LogP contribution in [-0.4, -0.2) is 55.3 Å². The Hall–Kier alpha value is -1.58. The van der Waals surface area contributed by atoms with E-state index in [2.05, 4.69) is 34.4 Å². The van der Waals surface area contributed by atoms with Crippen molar-refractivity contribution in [2.45, 2.75) is 58.1 Å². The van der Waals surface area contributed by atoms with E-state index in [4.69, 9.17) is 4.74 Å². The Kier molecular flexibility index (Phi) is 9.17. The van der Waals surface area contributed by atoms with Crippen molar-refractivity contribution in [1.82, 2.24) is 15.5 Å². The molecule has 1 unspecified atom stereocenters. The van der Waals surface area contributed by atoms with Gasteiger partial charge in [-0.1, -0.05) is 26.0 Å². The zero-order chi connectivity index (χ0) is 20.9. The highest BCUT2D eigenvalue weighted by Gasteiger charge is 2.29. The molecule has 0 aliphatic carbocycles. The minimum atomic E-state index is -0.508. The Labute approximate surface area is 190 Å². The van der Waals surface area contributed by atoms with E-state index in [0.717, 1.165) is 24.5 Å². The fourth-order valence-electron chi connectivity index (χ4n) is 3.18. The second-order valence-corrected chi connectivity index (χ2v) is 8.87. The van der Waals surface area contributed by atoms with Crippen LogP contribution >= 0.6 is 24.0 Å². The lowest BCUT2D eigenvalue weighted by Gasteiger charge is -2.29. The highest BCUT2D eigenvalue weighted by atomic mass is 127. The van der Waals surface area contributed by atoms with Gasteiger partial charge in [-0.2, -0.15) is 0 Å². The van der Waals surface area contributed by atoms with Crippen molar-refractivity contribution in [3.05, 3.63) is 35.6 Å². The number of hydrogen-bond donors (Lipinski definition) is 2. The third kappa shape index (κ3) is 7.98. The van der Waals surface area contributed by atoms with Gasteiger partial charge in [0.2, 0.25) is 0 Å². The summed E-state index contributed by atoms with van der Waals surface area (Å²) in [6.07, 6.45) is 0.445. The molecular weight excluding hydrogens is 486 g/mol. The molecule has 2 rings (SSSR count). The smallest absolute Gasteiger partial charge is 0.407 e. The number of rotatable bonds is 4. The van der Waals surface area contributed by atoms with Gasteiger partial charge in [-0.25, -0.2) is 9.18 Å². The third-order valence-corrected chi connectivity index (χ3v) is 4.73. The molecular formula is C21H34FIN4O2. The number of carbonyl (C=O) groups excluding carboxylic acids is 1. The number of nitrogens with zero attached hydrogens (tertiary/aromatic N) is 2. The number of carbonyl (C=O) groups is 1. The second-order valence-electron chi connectivity index (χ2n) is 8.87. The summed E-state index contributed by atoms with van der Waals surface area (Å²) in [5, 5.41) is 6.34. The van der Waals surface area contributed by atoms with Crippen molar-refractivity contribution in [3.8, 4) is 0 Å². The molecule has 6 nitrogen and oxygen atoms in total. The van der Waals surface area contributed by atoms with Crippen molar-refractivity contribution >= 4 is 36.0 Å². The van der Waals surface area contributed by atoms with Crippen LogP contribution in [0.3, 0.4) is 0 Å². The van der Waals surface area contributed by atoms with E-state index in [1.807, 2.05) is 32.9 Å². The summed E-state index contributed by atoms with van der Waals surface area (Å²) in [4.78, 5) is 18.5. The molecule has 0 radical (unpaired) electrons. The van der Waals surface area contributed by atoms with Gasteiger partial charge in [0.1, 0.15) is 11.4 Å². The van der Waals surface area contributed by atoms with Crippen LogP contribution in [-0.2, 0) is 10.2 Å². The molecule has 1 amide bonds. The van der Waals surface area contributed by atoms with Crippen LogP contribution < -0.4 is 10.6 Å². The quantitative estimate of drug-likeness (QED) is 0.359. The summed E-state index contributed by atoms with van der Waals surface area (Å²) in [5.41, 5.74) is 0.367. The van der Waals surface area contributed by atoms with Crippen LogP contribution in [0.15, 0.2) is 29.3 Å². The van der Waals surface area contributed by atoms with Gasteiger partial charge < -0.3 is 20.3 Å². The van der Waals surface area contributed by atoms with Crippen molar-refractivity contribution in [2.75, 3.05) is 26.7 Å². The lowest BCUT2D eigenvalue weighted by atomic mass is 9.84. The molecule has 1 aliphatic heterocycles. The maximum Gasteiger partial charge on any atom is 0.407 e. The minimum Gasteiger partial charge on any atom is -0.444 e. The van der Waals surface area contributed by atoms with Crippen LogP contribution in [0.2, 0.25) is 0 Å². The van der Waals surface area contributed by atoms with Gasteiger partial charge in [-0.05, 0) is 44.9 Å². The first-order valence-corrected chi connectivity index (χ1v) is 9.71. The number of likely N-dealkylation sites (tertiary alicyclic amines) is 1. The molecule has 1 heterocycles. The van der Waals surface area contributed by atoms with Gasteiger partial charge in [0.05, 0.1) is 6.04 Å². The number of ether oxygens (including phenoxy) is 1. The Morgan fingerprint density at radius 1 is 1.24 bits per heavy atom. The minimum absolute atomic E-state index is 0. The largest absolute Gasteiger partial charge is 0.444 e. The number of amides is 1. The fraction of sp³-hybridized carbons (Fsp3) is 0.619. The number of guanidine groups is 1. The Morgan fingerprint density at radius 2 is 1.86 bits per heavy atom. The summed E-state index contributed by atoms with van der Waals surface area (Å²) in [5.74, 6) is 0.563. The molecule has 164 valence electrons. The molecule has 1 aromatic rings. The van der Waals surface area contributed by atoms with E-state index in [-0.39, 0.29) is 47.3 Å². The number of benzene rings is 1. The van der Waals surface area contributed by atoms with Crippen LogP contribution in [0.4, 0.5) is 9.18 Å². The van der Waals surface area contributed by atoms with Crippen LogP contribution in [0.1, 0.15) is 46.6 Å². The zero-order valence-electron chi connectivity index (χ0n) is 18.2. The monoisotopic (exact) mass is 520 g/mol. The SMILES string of the molecule is CN=C(NCC(C)(C)c1ccc(F)cc1)N1CCC(NC(=O)OC(C)(C)C)C1.I. The summed E-state index contributed by atoms with van der Waals surface area (Å²) in [7, 11) is 1.75. The molecule has 0 saturated carbocycles. The summed E-state index contributed by atoms with van der Waals surface area (Å²) in [6.45, 7) is 11.9. The van der Waals surface area contributed by atoms with Gasteiger partial charge in [0, 0.05) is 32.1 Å². The molecule has 1 atom stereocenters. The maximum atomic E-state index is 13.2. The highest BCUT2D eigenvalue weighted by Crippen LogP contribution is 2.22. The summed E-state index contributed by atoms with van der Waals surface area (Å²) < 4.78 is 18.5. The Balaban J connectivity index is 0.00000420. The number of aliphatic imine (C=N–C) groups is 1. The number of hydrogen-bond acceptors (Lipinski definition) is 3. The average Bonchev–Trinajstić information content (AvgIpc) is 3.02. The summed E-state index contributed by atoms with van der Waals surface area (Å²) in [6, 6.07) is 6.63. The van der Waals surface area contributed by atoms with E-state index >= 15 is 0 Å². The molecule has 1 aliphatic rings. The first kappa shape index (κ1) is 25.5. The van der Waals surface area contributed by atoms with Crippen molar-refractivity contribution in [3.63, 3.8) is 0 Å². The zero-order valence-corrected chi connectivity index (χ0v) is 20.5. The second kappa shape index (κ2) is 10.4. The lowest BCUT2D eigenvalue weighted by molar-refractivity contribution is 0.0507. The molecule has 1 fully saturated rings. The standard InChI is InChI=1S/C21H33FN4O2.HI/c1-20(2,3)28-19(27)25-17-11-12-26(13-17)18(23-6)24-14-21(4,5)15-7-9-16(22)10-8-15;/h7-10,17H,11-14H2,1-6H3,(H,23,24)(H,25,27);1H. The van der Waals surface area contributed by atoms with Crippen molar-refractivity contribution in [2.24, 2.45) is 4.99 Å².